The van der Waals surface area contributed by atoms with E-state index in [0.717, 1.165) is 49.5 Å². The fourth-order valence-corrected chi connectivity index (χ4v) is 7.68. The molecule has 0 radical (unpaired) electrons. The van der Waals surface area contributed by atoms with Crippen LogP contribution in [0.4, 0.5) is 11.4 Å². The molecule has 2 aromatic carbocycles. The summed E-state index contributed by atoms with van der Waals surface area (Å²) in [5.41, 5.74) is 7.92. The zero-order valence-electron chi connectivity index (χ0n) is 31.6. The Kier molecular flexibility index (Phi) is 12.1. The highest BCUT2D eigenvalue weighted by Crippen LogP contribution is 2.38. The molecule has 0 atom stereocenters. The van der Waals surface area contributed by atoms with Crippen molar-refractivity contribution >= 4 is 46.0 Å². The Morgan fingerprint density at radius 3 is 1.40 bits per heavy atom. The first-order valence-corrected chi connectivity index (χ1v) is 19.1. The van der Waals surface area contributed by atoms with Gasteiger partial charge < -0.3 is 19.6 Å². The van der Waals surface area contributed by atoms with E-state index < -0.39 is 0 Å². The van der Waals surface area contributed by atoms with Crippen molar-refractivity contribution in [2.75, 3.05) is 49.1 Å². The third kappa shape index (κ3) is 9.29. The van der Waals surface area contributed by atoms with Gasteiger partial charge in [0, 0.05) is 50.6 Å². The monoisotopic (exact) mass is 676 g/mol. The minimum atomic E-state index is -0.0316. The fraction of sp³-hybridized carbons (Fsp3) is 0.659. The summed E-state index contributed by atoms with van der Waals surface area (Å²) in [6, 6.07) is 14.2. The van der Waals surface area contributed by atoms with E-state index in [4.69, 9.17) is 24.4 Å². The van der Waals surface area contributed by atoms with E-state index in [-0.39, 0.29) is 16.2 Å². The number of hydrogen-bond acceptors (Lipinski definition) is 2. The van der Waals surface area contributed by atoms with Gasteiger partial charge in [0.15, 0.2) is 10.2 Å². The quantitative estimate of drug-likeness (QED) is 0.281. The maximum Gasteiger partial charge on any atom is 0.176 e. The van der Waals surface area contributed by atoms with Crippen LogP contribution >= 0.6 is 24.4 Å². The molecule has 0 aliphatic carbocycles. The molecular weight excluding hydrogens is 613 g/mol. The van der Waals surface area contributed by atoms with Gasteiger partial charge in [0.25, 0.3) is 0 Å². The van der Waals surface area contributed by atoms with Crippen LogP contribution in [0.1, 0.15) is 143 Å². The summed E-state index contributed by atoms with van der Waals surface area (Å²) in [4.78, 5) is 9.87. The summed E-state index contributed by atoms with van der Waals surface area (Å²) >= 11 is 12.9. The van der Waals surface area contributed by atoms with Crippen LogP contribution in [0, 0.1) is 0 Å². The second-order valence-electron chi connectivity index (χ2n) is 17.4. The highest BCUT2D eigenvalue weighted by Gasteiger charge is 2.31. The van der Waals surface area contributed by atoms with Crippen molar-refractivity contribution < 1.29 is 0 Å². The van der Waals surface area contributed by atoms with Gasteiger partial charge >= 0.3 is 0 Å². The molecule has 2 fully saturated rings. The van der Waals surface area contributed by atoms with E-state index in [1.165, 1.54) is 72.2 Å². The molecule has 0 aromatic heterocycles. The number of thiocarbonyl (C=S) groups is 2. The molecule has 0 saturated carbocycles. The third-order valence-electron chi connectivity index (χ3n) is 10.0. The number of piperidine rings is 2. The number of rotatable bonds is 6. The summed E-state index contributed by atoms with van der Waals surface area (Å²) in [7, 11) is 0. The van der Waals surface area contributed by atoms with Crippen LogP contribution in [0.5, 0.6) is 0 Å². The minimum absolute atomic E-state index is 0.0316. The van der Waals surface area contributed by atoms with Gasteiger partial charge in [-0.2, -0.15) is 0 Å². The Morgan fingerprint density at radius 1 is 0.596 bits per heavy atom. The van der Waals surface area contributed by atoms with Crippen LogP contribution in [0.25, 0.3) is 0 Å². The molecule has 2 aliphatic rings. The second-order valence-corrected chi connectivity index (χ2v) is 18.1. The zero-order valence-corrected chi connectivity index (χ0v) is 33.3. The molecule has 0 bridgehead atoms. The Morgan fingerprint density at radius 2 is 1.00 bits per heavy atom. The Hall–Kier alpha value is -2.18. The SMILES string of the molecule is CC(C)c1ccc(C(C)(C)C)cc1N(CCN(C(=S)N1CCCCC1)c1cc(C(C)(C)C)ccc1C(C)(C)C)C(=S)N1CCCCC1. The molecule has 2 heterocycles. The van der Waals surface area contributed by atoms with Gasteiger partial charge in [-0.1, -0.05) is 100 Å². The topological polar surface area (TPSA) is 13.0 Å². The van der Waals surface area contributed by atoms with Crippen LogP contribution in [-0.4, -0.2) is 59.3 Å². The molecular formula is C41H64N4S2. The van der Waals surface area contributed by atoms with Gasteiger partial charge in [0.05, 0.1) is 0 Å². The summed E-state index contributed by atoms with van der Waals surface area (Å²) in [6.45, 7) is 31.1. The van der Waals surface area contributed by atoms with Crippen molar-refractivity contribution in [3.8, 4) is 0 Å². The summed E-state index contributed by atoms with van der Waals surface area (Å²) in [5.74, 6) is 0.382. The molecule has 6 heteroatoms. The van der Waals surface area contributed by atoms with Crippen LogP contribution in [-0.2, 0) is 16.2 Å². The number of nitrogens with zero attached hydrogens (tertiary/aromatic N) is 4. The Bertz CT molecular complexity index is 1380. The van der Waals surface area contributed by atoms with Gasteiger partial charge in [-0.15, -0.1) is 0 Å². The first-order valence-electron chi connectivity index (χ1n) is 18.3. The van der Waals surface area contributed by atoms with Crippen molar-refractivity contribution in [1.82, 2.24) is 9.80 Å². The van der Waals surface area contributed by atoms with Gasteiger partial charge in [-0.25, -0.2) is 0 Å². The number of hydrogen-bond donors (Lipinski definition) is 0. The average Bonchev–Trinajstić information content (AvgIpc) is 3.01. The number of likely N-dealkylation sites (tertiary alicyclic amines) is 2. The smallest absolute Gasteiger partial charge is 0.176 e. The van der Waals surface area contributed by atoms with Crippen LogP contribution in [0.3, 0.4) is 0 Å². The summed E-state index contributed by atoms with van der Waals surface area (Å²) in [6.07, 6.45) is 7.37. The predicted molar refractivity (Wildman–Crippen MR) is 214 cm³/mol. The first-order chi connectivity index (χ1) is 21.9. The first kappa shape index (κ1) is 37.6. The van der Waals surface area contributed by atoms with Crippen LogP contribution in [0.15, 0.2) is 36.4 Å². The standard InChI is InChI=1S/C41H64N4S2/c1-30(2)33-20-18-31(39(3,4)5)28-35(33)44(37(46)42-22-14-12-15-23-42)26-27-45(38(47)43-24-16-13-17-25-43)36-29-32(40(6,7)8)19-21-34(36)41(9,10)11/h18-21,28-30H,12-17,22-27H2,1-11H3. The van der Waals surface area contributed by atoms with Gasteiger partial charge in [0.1, 0.15) is 0 Å². The Balaban J connectivity index is 1.86. The molecule has 0 amide bonds. The van der Waals surface area contributed by atoms with Crippen LogP contribution < -0.4 is 9.80 Å². The Labute approximate surface area is 299 Å². The van der Waals surface area contributed by atoms with Crippen molar-refractivity contribution in [2.24, 2.45) is 0 Å². The molecule has 2 saturated heterocycles. The average molecular weight is 677 g/mol. The molecule has 260 valence electrons. The van der Waals surface area contributed by atoms with Crippen LogP contribution in [0.2, 0.25) is 0 Å². The summed E-state index contributed by atoms with van der Waals surface area (Å²) in [5, 5.41) is 1.92. The normalized spacial score (nSPS) is 16.4. The molecule has 0 unspecified atom stereocenters. The second kappa shape index (κ2) is 15.2. The van der Waals surface area contributed by atoms with E-state index in [1.807, 2.05) is 0 Å². The molecule has 4 nitrogen and oxygen atoms in total. The van der Waals surface area contributed by atoms with Crippen molar-refractivity contribution in [3.63, 3.8) is 0 Å². The largest absolute Gasteiger partial charge is 0.349 e. The number of benzene rings is 2. The minimum Gasteiger partial charge on any atom is -0.349 e. The lowest BCUT2D eigenvalue weighted by atomic mass is 9.80. The van der Waals surface area contributed by atoms with Gasteiger partial charge in [-0.3, -0.25) is 0 Å². The van der Waals surface area contributed by atoms with Crippen molar-refractivity contribution in [3.05, 3.63) is 58.7 Å². The van der Waals surface area contributed by atoms with Gasteiger partial charge in [0.2, 0.25) is 0 Å². The maximum absolute atomic E-state index is 6.48. The highest BCUT2D eigenvalue weighted by molar-refractivity contribution is 7.80. The van der Waals surface area contributed by atoms with Gasteiger partial charge in [-0.05, 0) is 120 Å². The highest BCUT2D eigenvalue weighted by atomic mass is 32.1. The fourth-order valence-electron chi connectivity index (χ4n) is 6.94. The lowest BCUT2D eigenvalue weighted by molar-refractivity contribution is 0.340. The van der Waals surface area contributed by atoms with E-state index in [9.17, 15) is 0 Å². The molecule has 47 heavy (non-hydrogen) atoms. The maximum atomic E-state index is 6.48. The van der Waals surface area contributed by atoms with E-state index >= 15 is 0 Å². The molecule has 0 N–H and O–H groups in total. The van der Waals surface area contributed by atoms with Crippen molar-refractivity contribution in [2.45, 2.75) is 137 Å². The molecule has 0 spiro atoms. The lowest BCUT2D eigenvalue weighted by Crippen LogP contribution is -2.51. The zero-order chi connectivity index (χ0) is 34.7. The summed E-state index contributed by atoms with van der Waals surface area (Å²) < 4.78 is 0. The van der Waals surface area contributed by atoms with Crippen molar-refractivity contribution in [1.29, 1.82) is 0 Å². The lowest BCUT2D eigenvalue weighted by Gasteiger charge is -2.41. The third-order valence-corrected chi connectivity index (χ3v) is 11.0. The number of anilines is 2. The van der Waals surface area contributed by atoms with E-state index in [0.29, 0.717) is 5.92 Å². The molecule has 4 rings (SSSR count). The van der Waals surface area contributed by atoms with E-state index in [2.05, 4.69) is 132 Å². The molecule has 2 aliphatic heterocycles. The predicted octanol–water partition coefficient (Wildman–Crippen LogP) is 10.6. The van der Waals surface area contributed by atoms with E-state index in [1.54, 1.807) is 0 Å². The molecule has 2 aromatic rings.